The van der Waals surface area contributed by atoms with Gasteiger partial charge in [-0.2, -0.15) is 0 Å². The molecular weight excluding hydrogens is 248 g/mol. The van der Waals surface area contributed by atoms with Gasteiger partial charge in [0.25, 0.3) is 0 Å². The van der Waals surface area contributed by atoms with E-state index in [0.29, 0.717) is 17.1 Å². The van der Waals surface area contributed by atoms with E-state index in [1.54, 1.807) is 6.92 Å². The second-order valence-corrected chi connectivity index (χ2v) is 7.74. The molecule has 0 N–H and O–H groups in total. The first-order valence-electron chi connectivity index (χ1n) is 8.52. The fourth-order valence-corrected chi connectivity index (χ4v) is 4.46. The third-order valence-corrected chi connectivity index (χ3v) is 5.92. The van der Waals surface area contributed by atoms with Gasteiger partial charge in [-0.1, -0.05) is 19.8 Å². The van der Waals surface area contributed by atoms with Crippen molar-refractivity contribution in [3.63, 3.8) is 0 Å². The number of hydrogen-bond donors (Lipinski definition) is 0. The van der Waals surface area contributed by atoms with Crippen LogP contribution in [0.5, 0.6) is 0 Å². The molecule has 2 saturated carbocycles. The first-order chi connectivity index (χ1) is 9.52. The van der Waals surface area contributed by atoms with Crippen molar-refractivity contribution in [1.29, 1.82) is 0 Å². The van der Waals surface area contributed by atoms with Gasteiger partial charge in [0.15, 0.2) is 0 Å². The first kappa shape index (κ1) is 16.0. The number of hydrogen-bond acceptors (Lipinski definition) is 2. The van der Waals surface area contributed by atoms with Crippen LogP contribution in [0.25, 0.3) is 0 Å². The highest BCUT2D eigenvalue weighted by molar-refractivity contribution is 5.78. The Kier molecular flexibility index (Phi) is 5.65. The molecule has 2 fully saturated rings. The normalized spacial score (nSPS) is 38.6. The lowest BCUT2D eigenvalue weighted by atomic mass is 9.65. The summed E-state index contributed by atoms with van der Waals surface area (Å²) in [7, 11) is 1.82. The Morgan fingerprint density at radius 2 is 1.60 bits per heavy atom. The molecule has 0 aromatic heterocycles. The van der Waals surface area contributed by atoms with E-state index in [1.807, 2.05) is 7.11 Å². The number of carbonyl (C=O) groups excluding carboxylic acids is 1. The van der Waals surface area contributed by atoms with Crippen molar-refractivity contribution in [2.45, 2.75) is 71.6 Å². The van der Waals surface area contributed by atoms with Gasteiger partial charge in [-0.25, -0.2) is 0 Å². The number of Topliss-reactive ketones (excluding diaryl/α,β-unsaturated/α-hetero) is 1. The van der Waals surface area contributed by atoms with Crippen molar-refractivity contribution in [1.82, 2.24) is 0 Å². The van der Waals surface area contributed by atoms with Crippen molar-refractivity contribution < 1.29 is 9.53 Å². The topological polar surface area (TPSA) is 26.3 Å². The van der Waals surface area contributed by atoms with Gasteiger partial charge < -0.3 is 4.74 Å². The molecule has 0 atom stereocenters. The maximum Gasteiger partial charge on any atom is 0.132 e. The highest BCUT2D eigenvalue weighted by Gasteiger charge is 2.35. The van der Waals surface area contributed by atoms with Crippen molar-refractivity contribution >= 4 is 5.78 Å². The van der Waals surface area contributed by atoms with Crippen LogP contribution >= 0.6 is 0 Å². The maximum absolute atomic E-state index is 11.5. The molecule has 0 bridgehead atoms. The fourth-order valence-electron chi connectivity index (χ4n) is 4.46. The standard InChI is InChI=1S/C18H32O2/c1-14(19)17-8-10-18(2,11-9-17)12-15-4-6-16(7-5-15)13-20-3/h15-17H,4-13H2,1-3H3. The van der Waals surface area contributed by atoms with E-state index in [4.69, 9.17) is 4.74 Å². The minimum Gasteiger partial charge on any atom is -0.384 e. The van der Waals surface area contributed by atoms with Crippen LogP contribution in [-0.4, -0.2) is 19.5 Å². The predicted molar refractivity (Wildman–Crippen MR) is 82.7 cm³/mol. The zero-order valence-corrected chi connectivity index (χ0v) is 13.6. The van der Waals surface area contributed by atoms with Crippen LogP contribution in [0, 0.1) is 23.2 Å². The Morgan fingerprint density at radius 1 is 1.05 bits per heavy atom. The number of ether oxygens (including phenoxy) is 1. The monoisotopic (exact) mass is 280 g/mol. The minimum absolute atomic E-state index is 0.362. The molecule has 2 aliphatic carbocycles. The summed E-state index contributed by atoms with van der Waals surface area (Å²) in [5.41, 5.74) is 0.505. The molecule has 2 nitrogen and oxygen atoms in total. The van der Waals surface area contributed by atoms with E-state index in [1.165, 1.54) is 44.9 Å². The van der Waals surface area contributed by atoms with Crippen molar-refractivity contribution in [2.75, 3.05) is 13.7 Å². The molecule has 20 heavy (non-hydrogen) atoms. The van der Waals surface area contributed by atoms with E-state index >= 15 is 0 Å². The van der Waals surface area contributed by atoms with Crippen LogP contribution in [-0.2, 0) is 9.53 Å². The zero-order valence-electron chi connectivity index (χ0n) is 13.6. The molecule has 2 rings (SSSR count). The smallest absolute Gasteiger partial charge is 0.132 e. The summed E-state index contributed by atoms with van der Waals surface area (Å²) in [6.07, 6.45) is 11.6. The first-order valence-corrected chi connectivity index (χ1v) is 8.52. The Balaban J connectivity index is 1.75. The van der Waals surface area contributed by atoms with Crippen molar-refractivity contribution in [3.05, 3.63) is 0 Å². The van der Waals surface area contributed by atoms with Crippen LogP contribution in [0.2, 0.25) is 0 Å². The highest BCUT2D eigenvalue weighted by Crippen LogP contribution is 2.46. The fraction of sp³-hybridized carbons (Fsp3) is 0.944. The SMILES string of the molecule is COCC1CCC(CC2(C)CCC(C(C)=O)CC2)CC1. The third-order valence-electron chi connectivity index (χ3n) is 5.92. The molecule has 0 spiro atoms. The third kappa shape index (κ3) is 4.31. The molecule has 0 unspecified atom stereocenters. The van der Waals surface area contributed by atoms with Crippen LogP contribution in [0.4, 0.5) is 0 Å². The summed E-state index contributed by atoms with van der Waals surface area (Å²) in [6, 6.07) is 0. The second kappa shape index (κ2) is 7.06. The lowest BCUT2D eigenvalue weighted by Crippen LogP contribution is -2.30. The Labute approximate surface area is 124 Å². The van der Waals surface area contributed by atoms with E-state index < -0.39 is 0 Å². The van der Waals surface area contributed by atoms with Crippen LogP contribution < -0.4 is 0 Å². The Bertz CT molecular complexity index is 307. The van der Waals surface area contributed by atoms with Gasteiger partial charge in [0.2, 0.25) is 0 Å². The predicted octanol–water partition coefficient (Wildman–Crippen LogP) is 4.61. The van der Waals surface area contributed by atoms with Crippen LogP contribution in [0.1, 0.15) is 71.6 Å². The quantitative estimate of drug-likeness (QED) is 0.735. The lowest BCUT2D eigenvalue weighted by Gasteiger charge is -2.40. The molecule has 0 aromatic rings. The molecule has 0 aliphatic heterocycles. The lowest BCUT2D eigenvalue weighted by molar-refractivity contribution is -0.122. The van der Waals surface area contributed by atoms with Gasteiger partial charge in [-0.3, -0.25) is 4.79 Å². The summed E-state index contributed by atoms with van der Waals surface area (Å²) >= 11 is 0. The average Bonchev–Trinajstić information content (AvgIpc) is 2.41. The summed E-state index contributed by atoms with van der Waals surface area (Å²) in [6.45, 7) is 5.18. The van der Waals surface area contributed by atoms with Gasteiger partial charge in [-0.15, -0.1) is 0 Å². The second-order valence-electron chi connectivity index (χ2n) is 7.74. The highest BCUT2D eigenvalue weighted by atomic mass is 16.5. The van der Waals surface area contributed by atoms with Gasteiger partial charge in [0.05, 0.1) is 0 Å². The van der Waals surface area contributed by atoms with Crippen LogP contribution in [0.15, 0.2) is 0 Å². The molecular formula is C18H32O2. The molecule has 0 radical (unpaired) electrons. The molecule has 2 aliphatic rings. The Morgan fingerprint density at radius 3 is 2.10 bits per heavy atom. The molecule has 2 heteroatoms. The van der Waals surface area contributed by atoms with E-state index in [-0.39, 0.29) is 0 Å². The van der Waals surface area contributed by atoms with E-state index in [0.717, 1.165) is 31.3 Å². The number of rotatable bonds is 5. The summed E-state index contributed by atoms with van der Waals surface area (Å²) < 4.78 is 5.29. The summed E-state index contributed by atoms with van der Waals surface area (Å²) in [5, 5.41) is 0. The van der Waals surface area contributed by atoms with Gasteiger partial charge in [0.1, 0.15) is 5.78 Å². The van der Waals surface area contributed by atoms with Gasteiger partial charge >= 0.3 is 0 Å². The summed E-state index contributed by atoms with van der Waals surface area (Å²) in [5.74, 6) is 2.49. The molecule has 0 heterocycles. The molecule has 0 saturated heterocycles. The van der Waals surface area contributed by atoms with Crippen molar-refractivity contribution in [3.8, 4) is 0 Å². The Hall–Kier alpha value is -0.370. The van der Waals surface area contributed by atoms with E-state index in [9.17, 15) is 4.79 Å². The molecule has 0 aromatic carbocycles. The minimum atomic E-state index is 0.362. The van der Waals surface area contributed by atoms with Crippen LogP contribution in [0.3, 0.4) is 0 Å². The largest absolute Gasteiger partial charge is 0.384 e. The van der Waals surface area contributed by atoms with Gasteiger partial charge in [-0.05, 0) is 69.1 Å². The number of carbonyl (C=O) groups is 1. The van der Waals surface area contributed by atoms with Gasteiger partial charge in [0, 0.05) is 19.6 Å². The van der Waals surface area contributed by atoms with E-state index in [2.05, 4.69) is 6.92 Å². The zero-order chi connectivity index (χ0) is 14.6. The number of methoxy groups -OCH3 is 1. The van der Waals surface area contributed by atoms with Crippen molar-refractivity contribution in [2.24, 2.45) is 23.2 Å². The molecule has 116 valence electrons. The average molecular weight is 280 g/mol. The maximum atomic E-state index is 11.5. The molecule has 0 amide bonds. The number of ketones is 1. The summed E-state index contributed by atoms with van der Waals surface area (Å²) in [4.78, 5) is 11.5.